The van der Waals surface area contributed by atoms with Gasteiger partial charge in [-0.1, -0.05) is 24.3 Å². The molecule has 1 aromatic carbocycles. The molecular formula is C14H16N2O2. The Balaban J connectivity index is 3.24. The Labute approximate surface area is 106 Å². The van der Waals surface area contributed by atoms with Gasteiger partial charge in [0.15, 0.2) is 0 Å². The number of carbonyl (C=O) groups excluding carboxylic acids is 2. The third-order valence-electron chi connectivity index (χ3n) is 2.52. The Bertz CT molecular complexity index is 493. The second kappa shape index (κ2) is 5.82. The van der Waals surface area contributed by atoms with Crippen LogP contribution in [0.15, 0.2) is 35.4 Å². The number of rotatable bonds is 4. The summed E-state index contributed by atoms with van der Waals surface area (Å²) in [6.45, 7) is 3.29. The van der Waals surface area contributed by atoms with Crippen molar-refractivity contribution in [2.75, 3.05) is 0 Å². The summed E-state index contributed by atoms with van der Waals surface area (Å²) < 4.78 is 0. The van der Waals surface area contributed by atoms with Crippen molar-refractivity contribution in [1.82, 2.24) is 0 Å². The highest BCUT2D eigenvalue weighted by atomic mass is 16.1. The van der Waals surface area contributed by atoms with Gasteiger partial charge in [-0.3, -0.25) is 9.59 Å². The number of hydrogen-bond acceptors (Lipinski definition) is 2. The van der Waals surface area contributed by atoms with Gasteiger partial charge in [-0.15, -0.1) is 0 Å². The van der Waals surface area contributed by atoms with E-state index in [1.54, 1.807) is 26.0 Å². The number of carbonyl (C=O) groups is 2. The minimum Gasteiger partial charge on any atom is -0.366 e. The van der Waals surface area contributed by atoms with Crippen LogP contribution in [0.2, 0.25) is 0 Å². The van der Waals surface area contributed by atoms with E-state index in [9.17, 15) is 9.59 Å². The number of benzene rings is 1. The van der Waals surface area contributed by atoms with E-state index in [2.05, 4.69) is 0 Å². The van der Waals surface area contributed by atoms with Crippen LogP contribution in [-0.4, -0.2) is 11.8 Å². The molecule has 0 saturated heterocycles. The third kappa shape index (κ3) is 3.59. The number of primary amides is 2. The number of nitrogens with two attached hydrogens (primary N) is 2. The first-order chi connectivity index (χ1) is 8.41. The van der Waals surface area contributed by atoms with E-state index in [-0.39, 0.29) is 0 Å². The molecular weight excluding hydrogens is 228 g/mol. The fourth-order valence-electron chi connectivity index (χ4n) is 1.38. The minimum absolute atomic E-state index is 0.451. The SMILES string of the molecule is C/C(=C\c1ccccc1/C=C(\C)C(N)=O)C(N)=O. The van der Waals surface area contributed by atoms with Gasteiger partial charge < -0.3 is 11.5 Å². The fourth-order valence-corrected chi connectivity index (χ4v) is 1.38. The molecule has 0 fully saturated rings. The molecule has 4 heteroatoms. The Kier molecular flexibility index (Phi) is 4.43. The van der Waals surface area contributed by atoms with E-state index in [1.165, 1.54) is 0 Å². The summed E-state index contributed by atoms with van der Waals surface area (Å²) in [6.07, 6.45) is 3.37. The molecule has 4 N–H and O–H groups in total. The highest BCUT2D eigenvalue weighted by Crippen LogP contribution is 2.16. The maximum absolute atomic E-state index is 11.0. The van der Waals surface area contributed by atoms with Crippen molar-refractivity contribution in [2.45, 2.75) is 13.8 Å². The lowest BCUT2D eigenvalue weighted by Crippen LogP contribution is -2.12. The van der Waals surface area contributed by atoms with Crippen molar-refractivity contribution >= 4 is 24.0 Å². The standard InChI is InChI=1S/C14H16N2O2/c1-9(13(15)17)7-11-5-3-4-6-12(11)8-10(2)14(16)18/h3-8H,1-2H3,(H2,15,17)(H2,16,18)/b9-7+,10-8+. The summed E-state index contributed by atoms with van der Waals surface area (Å²) >= 11 is 0. The van der Waals surface area contributed by atoms with E-state index in [0.29, 0.717) is 11.1 Å². The van der Waals surface area contributed by atoms with Gasteiger partial charge in [0.25, 0.3) is 0 Å². The second-order valence-corrected chi connectivity index (χ2v) is 4.01. The molecule has 1 aromatic rings. The van der Waals surface area contributed by atoms with Crippen LogP contribution in [0.4, 0.5) is 0 Å². The summed E-state index contributed by atoms with van der Waals surface area (Å²) in [7, 11) is 0. The van der Waals surface area contributed by atoms with Gasteiger partial charge in [-0.2, -0.15) is 0 Å². The molecule has 0 bridgehead atoms. The first-order valence-electron chi connectivity index (χ1n) is 5.47. The molecule has 2 amide bonds. The van der Waals surface area contributed by atoms with Crippen LogP contribution in [0.5, 0.6) is 0 Å². The summed E-state index contributed by atoms with van der Waals surface area (Å²) in [6, 6.07) is 7.37. The molecule has 4 nitrogen and oxygen atoms in total. The molecule has 0 heterocycles. The summed E-state index contributed by atoms with van der Waals surface area (Å²) in [5.74, 6) is -0.944. The molecule has 0 aliphatic rings. The molecule has 0 aliphatic heterocycles. The monoisotopic (exact) mass is 244 g/mol. The van der Waals surface area contributed by atoms with Crippen LogP contribution in [0.25, 0.3) is 12.2 Å². The molecule has 0 spiro atoms. The first-order valence-corrected chi connectivity index (χ1v) is 5.47. The third-order valence-corrected chi connectivity index (χ3v) is 2.52. The summed E-state index contributed by atoms with van der Waals surface area (Å²) in [5.41, 5.74) is 12.9. The predicted octanol–water partition coefficient (Wildman–Crippen LogP) is 1.46. The Hall–Kier alpha value is -2.36. The summed E-state index contributed by atoms with van der Waals surface area (Å²) in [5, 5.41) is 0. The van der Waals surface area contributed by atoms with Crippen molar-refractivity contribution in [3.63, 3.8) is 0 Å². The molecule has 0 unspecified atom stereocenters. The lowest BCUT2D eigenvalue weighted by Gasteiger charge is -2.03. The van der Waals surface area contributed by atoms with Crippen molar-refractivity contribution < 1.29 is 9.59 Å². The van der Waals surface area contributed by atoms with Gasteiger partial charge in [0.2, 0.25) is 11.8 Å². The van der Waals surface area contributed by atoms with E-state index < -0.39 is 11.8 Å². The molecule has 94 valence electrons. The largest absolute Gasteiger partial charge is 0.366 e. The second-order valence-electron chi connectivity index (χ2n) is 4.01. The first kappa shape index (κ1) is 13.7. The smallest absolute Gasteiger partial charge is 0.244 e. The molecule has 0 aromatic heterocycles. The van der Waals surface area contributed by atoms with Crippen LogP contribution in [0.1, 0.15) is 25.0 Å². The predicted molar refractivity (Wildman–Crippen MR) is 72.1 cm³/mol. The van der Waals surface area contributed by atoms with E-state index in [4.69, 9.17) is 11.5 Å². The molecule has 0 aliphatic carbocycles. The normalized spacial score (nSPS) is 12.3. The lowest BCUT2D eigenvalue weighted by molar-refractivity contribution is -0.115. The Morgan fingerprint density at radius 1 is 0.889 bits per heavy atom. The highest BCUT2D eigenvalue weighted by Gasteiger charge is 2.03. The fraction of sp³-hybridized carbons (Fsp3) is 0.143. The molecule has 0 radical (unpaired) electrons. The van der Waals surface area contributed by atoms with E-state index in [0.717, 1.165) is 11.1 Å². The quantitative estimate of drug-likeness (QED) is 0.786. The van der Waals surface area contributed by atoms with Gasteiger partial charge in [-0.05, 0) is 37.1 Å². The zero-order valence-corrected chi connectivity index (χ0v) is 10.4. The zero-order chi connectivity index (χ0) is 13.7. The van der Waals surface area contributed by atoms with Crippen molar-refractivity contribution in [3.05, 3.63) is 46.5 Å². The topological polar surface area (TPSA) is 86.2 Å². The zero-order valence-electron chi connectivity index (χ0n) is 10.4. The molecule has 0 atom stereocenters. The van der Waals surface area contributed by atoms with Crippen LogP contribution >= 0.6 is 0 Å². The van der Waals surface area contributed by atoms with Crippen LogP contribution in [-0.2, 0) is 9.59 Å². The van der Waals surface area contributed by atoms with Gasteiger partial charge in [-0.25, -0.2) is 0 Å². The van der Waals surface area contributed by atoms with Gasteiger partial charge in [0.1, 0.15) is 0 Å². The summed E-state index contributed by atoms with van der Waals surface area (Å²) in [4.78, 5) is 22.0. The lowest BCUT2D eigenvalue weighted by atomic mass is 10.0. The number of amides is 2. The molecule has 0 saturated carbocycles. The average Bonchev–Trinajstić information content (AvgIpc) is 2.31. The van der Waals surface area contributed by atoms with Gasteiger partial charge in [0.05, 0.1) is 0 Å². The van der Waals surface area contributed by atoms with Crippen LogP contribution in [0.3, 0.4) is 0 Å². The Morgan fingerprint density at radius 2 is 1.22 bits per heavy atom. The van der Waals surface area contributed by atoms with E-state index in [1.807, 2.05) is 24.3 Å². The van der Waals surface area contributed by atoms with Crippen molar-refractivity contribution in [2.24, 2.45) is 11.5 Å². The number of hydrogen-bond donors (Lipinski definition) is 2. The highest BCUT2D eigenvalue weighted by molar-refractivity contribution is 5.98. The molecule has 18 heavy (non-hydrogen) atoms. The maximum atomic E-state index is 11.0. The van der Waals surface area contributed by atoms with Crippen molar-refractivity contribution in [1.29, 1.82) is 0 Å². The minimum atomic E-state index is -0.472. The average molecular weight is 244 g/mol. The van der Waals surface area contributed by atoms with Crippen LogP contribution < -0.4 is 11.5 Å². The molecule has 1 rings (SSSR count). The van der Waals surface area contributed by atoms with Gasteiger partial charge >= 0.3 is 0 Å². The van der Waals surface area contributed by atoms with Crippen molar-refractivity contribution in [3.8, 4) is 0 Å². The van der Waals surface area contributed by atoms with E-state index >= 15 is 0 Å². The van der Waals surface area contributed by atoms with Crippen LogP contribution in [0, 0.1) is 0 Å². The maximum Gasteiger partial charge on any atom is 0.244 e. The Morgan fingerprint density at radius 3 is 1.50 bits per heavy atom. The van der Waals surface area contributed by atoms with Gasteiger partial charge in [0, 0.05) is 11.1 Å².